The molecular weight excluding hydrogens is 651 g/mol. The van der Waals surface area contributed by atoms with Gasteiger partial charge in [0.1, 0.15) is 29.5 Å². The van der Waals surface area contributed by atoms with E-state index in [1.165, 1.54) is 5.69 Å². The average molecular weight is 698 g/mol. The number of aromatic carboxylic acids is 1. The fourth-order valence-corrected chi connectivity index (χ4v) is 8.22. The summed E-state index contributed by atoms with van der Waals surface area (Å²) in [7, 11) is 2.02. The highest BCUT2D eigenvalue weighted by molar-refractivity contribution is 6.04. The quantitative estimate of drug-likeness (QED) is 0.140. The predicted octanol–water partition coefficient (Wildman–Crippen LogP) is 8.01. The molecule has 0 amide bonds. The number of aromatic nitrogens is 3. The molecule has 4 aromatic carbocycles. The molecule has 0 saturated carbocycles. The molecule has 2 N–H and O–H groups in total. The minimum Gasteiger partial charge on any atom is -0.493 e. The van der Waals surface area contributed by atoms with E-state index in [1.807, 2.05) is 48.1 Å². The lowest BCUT2D eigenvalue weighted by Gasteiger charge is -2.29. The van der Waals surface area contributed by atoms with Crippen molar-refractivity contribution in [2.75, 3.05) is 37.7 Å². The van der Waals surface area contributed by atoms with Crippen LogP contribution in [0.4, 0.5) is 5.69 Å². The Hall–Kier alpha value is -5.28. The van der Waals surface area contributed by atoms with Crippen molar-refractivity contribution in [3.63, 3.8) is 0 Å². The number of carbonyl (C=O) groups is 1. The number of carboxylic acids is 1. The smallest absolute Gasteiger partial charge is 0.352 e. The second kappa shape index (κ2) is 15.1. The largest absolute Gasteiger partial charge is 0.493 e. The molecular formula is C43H47N5O4. The summed E-state index contributed by atoms with van der Waals surface area (Å²) in [6.45, 7) is 5.45. The molecule has 2 aliphatic rings. The number of anilines is 1. The van der Waals surface area contributed by atoms with Gasteiger partial charge in [0, 0.05) is 73.1 Å². The summed E-state index contributed by atoms with van der Waals surface area (Å²) in [6, 6.07) is 29.0. The number of fused-ring (bicyclic) bond motifs is 3. The highest BCUT2D eigenvalue weighted by Crippen LogP contribution is 2.40. The van der Waals surface area contributed by atoms with E-state index < -0.39 is 5.97 Å². The van der Waals surface area contributed by atoms with Crippen molar-refractivity contribution >= 4 is 33.3 Å². The second-order valence-electron chi connectivity index (χ2n) is 14.0. The van der Waals surface area contributed by atoms with Crippen molar-refractivity contribution in [1.29, 1.82) is 0 Å². The maximum atomic E-state index is 13.1. The summed E-state index contributed by atoms with van der Waals surface area (Å²) < 4.78 is 16.8. The zero-order chi connectivity index (χ0) is 35.4. The summed E-state index contributed by atoms with van der Waals surface area (Å²) in [5, 5.41) is 22.4. The van der Waals surface area contributed by atoms with Crippen molar-refractivity contribution in [3.05, 3.63) is 108 Å². The van der Waals surface area contributed by atoms with Crippen molar-refractivity contribution in [2.45, 2.75) is 58.1 Å². The maximum Gasteiger partial charge on any atom is 0.352 e. The van der Waals surface area contributed by atoms with Gasteiger partial charge in [-0.25, -0.2) is 4.79 Å². The molecule has 0 spiro atoms. The number of carboxylic acid groups (broad SMARTS) is 1. The molecule has 4 heterocycles. The maximum absolute atomic E-state index is 13.1. The van der Waals surface area contributed by atoms with Gasteiger partial charge >= 0.3 is 5.97 Å². The summed E-state index contributed by atoms with van der Waals surface area (Å²) in [6.07, 6.45) is 6.30. The van der Waals surface area contributed by atoms with Gasteiger partial charge in [-0.1, -0.05) is 67.4 Å². The Balaban J connectivity index is 1.12. The Morgan fingerprint density at radius 1 is 0.846 bits per heavy atom. The van der Waals surface area contributed by atoms with E-state index >= 15 is 0 Å². The molecule has 9 heteroatoms. The normalized spacial score (nSPS) is 15.0. The minimum atomic E-state index is -0.888. The summed E-state index contributed by atoms with van der Waals surface area (Å²) >= 11 is 0. The number of rotatable bonds is 10. The van der Waals surface area contributed by atoms with E-state index in [-0.39, 0.29) is 0 Å². The van der Waals surface area contributed by atoms with Crippen molar-refractivity contribution in [2.24, 2.45) is 7.05 Å². The summed E-state index contributed by atoms with van der Waals surface area (Å²) in [5.74, 6) is 0.768. The molecule has 2 aromatic heterocycles. The van der Waals surface area contributed by atoms with Crippen molar-refractivity contribution < 1.29 is 19.4 Å². The van der Waals surface area contributed by atoms with Gasteiger partial charge in [-0.3, -0.25) is 4.68 Å². The van der Waals surface area contributed by atoms with Crippen LogP contribution in [0.15, 0.2) is 84.9 Å². The Morgan fingerprint density at radius 2 is 1.62 bits per heavy atom. The number of hydrogen-bond donors (Lipinski definition) is 2. The second-order valence-corrected chi connectivity index (χ2v) is 14.0. The SMILES string of the molecule is Cn1nc(COc2ccc(N3CCNCC3)cc2)c2c1CCCCCCn1c(C(=O)O)c(CCCOc3cccc4ccccc34)c3cccc-2c31. The molecule has 0 aliphatic carbocycles. The van der Waals surface area contributed by atoms with Gasteiger partial charge in [-0.15, -0.1) is 0 Å². The molecule has 268 valence electrons. The van der Waals surface area contributed by atoms with E-state index in [0.717, 1.165) is 120 Å². The van der Waals surface area contributed by atoms with E-state index in [0.29, 0.717) is 38.3 Å². The third kappa shape index (κ3) is 6.73. The molecule has 1 fully saturated rings. The molecule has 1 saturated heterocycles. The zero-order valence-electron chi connectivity index (χ0n) is 29.9. The van der Waals surface area contributed by atoms with E-state index in [1.54, 1.807) is 0 Å². The third-order valence-electron chi connectivity index (χ3n) is 10.7. The van der Waals surface area contributed by atoms with Crippen LogP contribution in [0.25, 0.3) is 32.8 Å². The minimum absolute atomic E-state index is 0.317. The van der Waals surface area contributed by atoms with Crippen molar-refractivity contribution in [3.8, 4) is 22.6 Å². The molecule has 52 heavy (non-hydrogen) atoms. The Morgan fingerprint density at radius 3 is 2.46 bits per heavy atom. The molecule has 0 atom stereocenters. The number of ether oxygens (including phenoxy) is 2. The van der Waals surface area contributed by atoms with E-state index in [4.69, 9.17) is 14.6 Å². The predicted molar refractivity (Wildman–Crippen MR) is 207 cm³/mol. The number of benzene rings is 4. The van der Waals surface area contributed by atoms with Gasteiger partial charge in [0.2, 0.25) is 0 Å². The zero-order valence-corrected chi connectivity index (χ0v) is 29.9. The Kier molecular flexibility index (Phi) is 9.85. The Labute approximate surface area is 304 Å². The molecule has 9 nitrogen and oxygen atoms in total. The first-order chi connectivity index (χ1) is 25.6. The molecule has 2 aliphatic heterocycles. The van der Waals surface area contributed by atoms with Gasteiger partial charge in [-0.05, 0) is 73.4 Å². The van der Waals surface area contributed by atoms with Crippen LogP contribution in [0.2, 0.25) is 0 Å². The van der Waals surface area contributed by atoms with E-state index in [9.17, 15) is 9.90 Å². The van der Waals surface area contributed by atoms with E-state index in [2.05, 4.69) is 63.3 Å². The number of nitrogens with one attached hydrogen (secondary N) is 1. The monoisotopic (exact) mass is 697 g/mol. The summed E-state index contributed by atoms with van der Waals surface area (Å²) in [4.78, 5) is 15.5. The molecule has 6 aromatic rings. The topological polar surface area (TPSA) is 93.8 Å². The standard InChI is InChI=1S/C43H47N5O4/c1-46-38-17-4-2-3-7-25-48-41-34(35(42(48)43(49)50)16-10-28-51-39-18-8-12-30-11-5-6-13-33(30)39)14-9-15-36(41)40(38)37(45-46)29-52-32-21-19-31(20-22-32)47-26-23-44-24-27-47/h5-6,8-9,11-15,18-22,44H,2-4,7,10,16-17,23-29H2,1H3,(H,49,50). The first kappa shape index (κ1) is 33.8. The van der Waals surface area contributed by atoms with Crippen LogP contribution >= 0.6 is 0 Å². The van der Waals surface area contributed by atoms with Crippen LogP contribution in [0.5, 0.6) is 11.5 Å². The number of hydrogen-bond acceptors (Lipinski definition) is 6. The number of para-hydroxylation sites is 1. The van der Waals surface area contributed by atoms with Crippen molar-refractivity contribution in [1.82, 2.24) is 19.7 Å². The molecule has 0 radical (unpaired) electrons. The third-order valence-corrected chi connectivity index (χ3v) is 10.7. The molecule has 8 rings (SSSR count). The van der Waals surface area contributed by atoms with Gasteiger partial charge in [0.15, 0.2) is 0 Å². The lowest BCUT2D eigenvalue weighted by Crippen LogP contribution is -2.43. The lowest BCUT2D eigenvalue weighted by atomic mass is 9.96. The first-order valence-electron chi connectivity index (χ1n) is 18.8. The average Bonchev–Trinajstić information content (AvgIpc) is 3.66. The van der Waals surface area contributed by atoms with Crippen LogP contribution in [-0.4, -0.2) is 58.2 Å². The van der Waals surface area contributed by atoms with Crippen LogP contribution in [0.3, 0.4) is 0 Å². The molecule has 0 bridgehead atoms. The van der Waals surface area contributed by atoms with Crippen LogP contribution < -0.4 is 19.7 Å². The van der Waals surface area contributed by atoms with Gasteiger partial charge in [0.05, 0.1) is 12.1 Å². The highest BCUT2D eigenvalue weighted by Gasteiger charge is 2.28. The van der Waals surface area contributed by atoms with Gasteiger partial charge < -0.3 is 29.4 Å². The van der Waals surface area contributed by atoms with Crippen LogP contribution in [-0.2, 0) is 33.0 Å². The van der Waals surface area contributed by atoms with Gasteiger partial charge in [0.25, 0.3) is 0 Å². The van der Waals surface area contributed by atoms with Crippen LogP contribution in [0, 0.1) is 0 Å². The number of nitrogens with zero attached hydrogens (tertiary/aromatic N) is 4. The lowest BCUT2D eigenvalue weighted by molar-refractivity contribution is 0.0684. The molecule has 0 unspecified atom stereocenters. The number of piperazine rings is 1. The number of aryl methyl sites for hydroxylation is 3. The first-order valence-corrected chi connectivity index (χ1v) is 18.8. The Bertz CT molecular complexity index is 2190. The highest BCUT2D eigenvalue weighted by atomic mass is 16.5. The summed E-state index contributed by atoms with van der Waals surface area (Å²) in [5.41, 5.74) is 7.56. The fourth-order valence-electron chi connectivity index (χ4n) is 8.22. The van der Waals surface area contributed by atoms with Gasteiger partial charge in [-0.2, -0.15) is 5.10 Å². The van der Waals surface area contributed by atoms with Crippen LogP contribution in [0.1, 0.15) is 59.5 Å². The fraction of sp³-hybridized carbons (Fsp3) is 0.349.